The van der Waals surface area contributed by atoms with Gasteiger partial charge in [0.15, 0.2) is 0 Å². The van der Waals surface area contributed by atoms with E-state index in [1.54, 1.807) is 12.1 Å². The maximum atomic E-state index is 10.9. The quantitative estimate of drug-likeness (QED) is 0.354. The van der Waals surface area contributed by atoms with Crippen molar-refractivity contribution in [3.8, 4) is 0 Å². The zero-order valence-corrected chi connectivity index (χ0v) is 11.9. The van der Waals surface area contributed by atoms with Gasteiger partial charge in [-0.15, -0.1) is 0 Å². The predicted molar refractivity (Wildman–Crippen MR) is 79.5 cm³/mol. The van der Waals surface area contributed by atoms with Gasteiger partial charge in [0.05, 0.1) is 4.92 Å². The topological polar surface area (TPSA) is 72.4 Å². The van der Waals surface area contributed by atoms with Crippen molar-refractivity contribution in [1.29, 1.82) is 0 Å². The van der Waals surface area contributed by atoms with E-state index in [1.807, 2.05) is 0 Å². The van der Waals surface area contributed by atoms with Gasteiger partial charge >= 0.3 is 0 Å². The average molecular weight is 265 g/mol. The largest absolute Gasteiger partial charge is 0.398 e. The third kappa shape index (κ3) is 4.43. The molecule has 2 N–H and O–H groups in total. The minimum Gasteiger partial charge on any atom is -0.398 e. The van der Waals surface area contributed by atoms with E-state index in [9.17, 15) is 10.1 Å². The first-order valence-corrected chi connectivity index (χ1v) is 6.77. The summed E-state index contributed by atoms with van der Waals surface area (Å²) in [5.74, 6) is 0. The zero-order chi connectivity index (χ0) is 14.4. The van der Waals surface area contributed by atoms with Gasteiger partial charge in [0.25, 0.3) is 5.69 Å². The first kappa shape index (κ1) is 15.3. The van der Waals surface area contributed by atoms with Gasteiger partial charge in [0, 0.05) is 36.1 Å². The Morgan fingerprint density at radius 1 is 1.32 bits per heavy atom. The number of anilines is 2. The number of benzene rings is 1. The van der Waals surface area contributed by atoms with Crippen LogP contribution in [0.4, 0.5) is 17.1 Å². The smallest absolute Gasteiger partial charge is 0.273 e. The van der Waals surface area contributed by atoms with E-state index in [-0.39, 0.29) is 5.69 Å². The highest BCUT2D eigenvalue weighted by Crippen LogP contribution is 2.27. The highest BCUT2D eigenvalue weighted by atomic mass is 16.6. The molecule has 0 spiro atoms. The van der Waals surface area contributed by atoms with Crippen LogP contribution >= 0.6 is 0 Å². The van der Waals surface area contributed by atoms with Crippen molar-refractivity contribution in [3.05, 3.63) is 28.3 Å². The van der Waals surface area contributed by atoms with Crippen LogP contribution in [0.1, 0.15) is 40.0 Å². The van der Waals surface area contributed by atoms with Crippen LogP contribution in [0.3, 0.4) is 0 Å². The van der Waals surface area contributed by atoms with Gasteiger partial charge in [-0.25, -0.2) is 0 Å². The minimum atomic E-state index is -0.398. The number of nitro benzene ring substituents is 1. The molecule has 0 unspecified atom stereocenters. The van der Waals surface area contributed by atoms with E-state index in [0.29, 0.717) is 11.7 Å². The summed E-state index contributed by atoms with van der Waals surface area (Å²) < 4.78 is 0. The van der Waals surface area contributed by atoms with Crippen molar-refractivity contribution in [2.24, 2.45) is 0 Å². The van der Waals surface area contributed by atoms with Gasteiger partial charge in [-0.3, -0.25) is 10.1 Å². The molecule has 19 heavy (non-hydrogen) atoms. The van der Waals surface area contributed by atoms with Crippen LogP contribution in [0, 0.1) is 10.1 Å². The third-order valence-corrected chi connectivity index (χ3v) is 3.09. The fourth-order valence-corrected chi connectivity index (χ4v) is 2.11. The van der Waals surface area contributed by atoms with E-state index >= 15 is 0 Å². The standard InChI is InChI=1S/C14H23N3O2/c1-4-5-6-7-16(11(2)3)13-8-12(15)9-14(10-13)17(18)19/h8-11H,4-7,15H2,1-3H3. The van der Waals surface area contributed by atoms with E-state index < -0.39 is 4.92 Å². The van der Waals surface area contributed by atoms with Crippen LogP contribution in [-0.2, 0) is 0 Å². The second kappa shape index (κ2) is 6.97. The number of nitro groups is 1. The SMILES string of the molecule is CCCCCN(c1cc(N)cc([N+](=O)[O-])c1)C(C)C. The Balaban J connectivity index is 2.98. The molecule has 0 aliphatic heterocycles. The number of nitrogen functional groups attached to an aromatic ring is 1. The summed E-state index contributed by atoms with van der Waals surface area (Å²) in [6.07, 6.45) is 3.40. The normalized spacial score (nSPS) is 10.7. The third-order valence-electron chi connectivity index (χ3n) is 3.09. The molecule has 0 heterocycles. The number of unbranched alkanes of at least 4 members (excludes halogenated alkanes) is 2. The van der Waals surface area contributed by atoms with Crippen molar-refractivity contribution < 1.29 is 4.92 Å². The zero-order valence-electron chi connectivity index (χ0n) is 11.9. The fourth-order valence-electron chi connectivity index (χ4n) is 2.11. The maximum Gasteiger partial charge on any atom is 0.273 e. The summed E-state index contributed by atoms with van der Waals surface area (Å²) in [6.45, 7) is 7.22. The molecule has 0 atom stereocenters. The molecule has 0 fully saturated rings. The molecule has 0 aliphatic carbocycles. The van der Waals surface area contributed by atoms with Crippen molar-refractivity contribution in [1.82, 2.24) is 0 Å². The first-order chi connectivity index (χ1) is 8.95. The number of nitrogens with two attached hydrogens (primary N) is 1. The Labute approximate surface area is 114 Å². The lowest BCUT2D eigenvalue weighted by Crippen LogP contribution is -2.31. The Hall–Kier alpha value is -1.78. The Morgan fingerprint density at radius 3 is 2.53 bits per heavy atom. The molecule has 0 radical (unpaired) electrons. The van der Waals surface area contributed by atoms with Gasteiger partial charge in [0.2, 0.25) is 0 Å². The number of rotatable bonds is 7. The molecule has 5 heteroatoms. The Kier molecular flexibility index (Phi) is 5.60. The summed E-state index contributed by atoms with van der Waals surface area (Å²) in [6, 6.07) is 5.09. The average Bonchev–Trinajstić information content (AvgIpc) is 2.33. The lowest BCUT2D eigenvalue weighted by atomic mass is 10.1. The molecule has 1 aromatic rings. The Morgan fingerprint density at radius 2 is 2.00 bits per heavy atom. The fraction of sp³-hybridized carbons (Fsp3) is 0.571. The molecule has 1 rings (SSSR count). The van der Waals surface area contributed by atoms with Gasteiger partial charge in [0.1, 0.15) is 0 Å². The molecular weight excluding hydrogens is 242 g/mol. The number of hydrogen-bond donors (Lipinski definition) is 1. The van der Waals surface area contributed by atoms with Gasteiger partial charge in [-0.1, -0.05) is 19.8 Å². The van der Waals surface area contributed by atoms with Crippen molar-refractivity contribution in [3.63, 3.8) is 0 Å². The van der Waals surface area contributed by atoms with Gasteiger partial charge in [-0.2, -0.15) is 0 Å². The van der Waals surface area contributed by atoms with Crippen molar-refractivity contribution in [2.75, 3.05) is 17.2 Å². The van der Waals surface area contributed by atoms with E-state index in [4.69, 9.17) is 5.73 Å². The van der Waals surface area contributed by atoms with Crippen LogP contribution in [0.2, 0.25) is 0 Å². The summed E-state index contributed by atoms with van der Waals surface area (Å²) in [4.78, 5) is 12.7. The van der Waals surface area contributed by atoms with Crippen LogP contribution in [0.5, 0.6) is 0 Å². The highest BCUT2D eigenvalue weighted by Gasteiger charge is 2.15. The molecule has 0 aromatic heterocycles. The summed E-state index contributed by atoms with van der Waals surface area (Å²) in [5.41, 5.74) is 7.08. The molecule has 1 aromatic carbocycles. The molecule has 0 aliphatic rings. The second-order valence-corrected chi connectivity index (χ2v) is 5.03. The van der Waals surface area contributed by atoms with Crippen LogP contribution in [0.15, 0.2) is 18.2 Å². The molecule has 5 nitrogen and oxygen atoms in total. The molecule has 0 saturated carbocycles. The number of nitrogens with zero attached hydrogens (tertiary/aromatic N) is 2. The summed E-state index contributed by atoms with van der Waals surface area (Å²) in [7, 11) is 0. The lowest BCUT2D eigenvalue weighted by Gasteiger charge is -2.29. The van der Waals surface area contributed by atoms with Crippen LogP contribution < -0.4 is 10.6 Å². The van der Waals surface area contributed by atoms with Gasteiger partial charge < -0.3 is 10.6 Å². The molecular formula is C14H23N3O2. The summed E-state index contributed by atoms with van der Waals surface area (Å²) in [5, 5.41) is 10.9. The molecule has 0 saturated heterocycles. The monoisotopic (exact) mass is 265 g/mol. The Bertz CT molecular complexity index is 433. The van der Waals surface area contributed by atoms with E-state index in [2.05, 4.69) is 25.7 Å². The minimum absolute atomic E-state index is 0.0520. The van der Waals surface area contributed by atoms with Crippen LogP contribution in [0.25, 0.3) is 0 Å². The lowest BCUT2D eigenvalue weighted by molar-refractivity contribution is -0.384. The first-order valence-electron chi connectivity index (χ1n) is 6.77. The van der Waals surface area contributed by atoms with Crippen molar-refractivity contribution >= 4 is 17.1 Å². The number of non-ortho nitro benzene ring substituents is 1. The van der Waals surface area contributed by atoms with Crippen molar-refractivity contribution in [2.45, 2.75) is 46.1 Å². The predicted octanol–water partition coefficient (Wildman–Crippen LogP) is 3.58. The number of hydrogen-bond acceptors (Lipinski definition) is 4. The van der Waals surface area contributed by atoms with Gasteiger partial charge in [-0.05, 0) is 26.3 Å². The van der Waals surface area contributed by atoms with Crippen LogP contribution in [-0.4, -0.2) is 17.5 Å². The molecule has 0 bridgehead atoms. The molecule has 106 valence electrons. The van der Waals surface area contributed by atoms with E-state index in [0.717, 1.165) is 31.5 Å². The second-order valence-electron chi connectivity index (χ2n) is 5.03. The maximum absolute atomic E-state index is 10.9. The summed E-state index contributed by atoms with van der Waals surface area (Å²) >= 11 is 0. The molecule has 0 amide bonds. The highest BCUT2D eigenvalue weighted by molar-refractivity contribution is 5.63. The van der Waals surface area contributed by atoms with E-state index in [1.165, 1.54) is 6.07 Å².